The molecular formula is C41H58N6O. The quantitative estimate of drug-likeness (QED) is 0.0817. The first-order valence-corrected chi connectivity index (χ1v) is 17.3. The Morgan fingerprint density at radius 2 is 1.73 bits per heavy atom. The van der Waals surface area contributed by atoms with Crippen molar-refractivity contribution in [2.24, 2.45) is 10.9 Å². The lowest BCUT2D eigenvalue weighted by molar-refractivity contribution is -0.107. The maximum absolute atomic E-state index is 11.3. The molecule has 48 heavy (non-hydrogen) atoms. The Kier molecular flexibility index (Phi) is 14.5. The monoisotopic (exact) mass is 650 g/mol. The van der Waals surface area contributed by atoms with Gasteiger partial charge >= 0.3 is 0 Å². The molecule has 2 aromatic carbocycles. The number of anilines is 2. The molecule has 0 aliphatic heterocycles. The van der Waals surface area contributed by atoms with Crippen LogP contribution in [0.3, 0.4) is 0 Å². The van der Waals surface area contributed by atoms with Crippen molar-refractivity contribution >= 4 is 35.5 Å². The Morgan fingerprint density at radius 3 is 2.29 bits per heavy atom. The van der Waals surface area contributed by atoms with Crippen molar-refractivity contribution in [1.29, 1.82) is 0 Å². The largest absolute Gasteiger partial charge is 0.387 e. The molecule has 0 spiro atoms. The average molecular weight is 651 g/mol. The summed E-state index contributed by atoms with van der Waals surface area (Å²) in [5.41, 5.74) is 12.4. The summed E-state index contributed by atoms with van der Waals surface area (Å²) in [7, 11) is 5.77. The summed E-state index contributed by atoms with van der Waals surface area (Å²) in [4.78, 5) is 23.7. The van der Waals surface area contributed by atoms with Crippen molar-refractivity contribution in [2.75, 3.05) is 37.5 Å². The number of para-hydroxylation sites is 1. The third-order valence-corrected chi connectivity index (χ3v) is 8.65. The first kappa shape index (κ1) is 38.1. The lowest BCUT2D eigenvalue weighted by Crippen LogP contribution is -2.19. The number of hydrogen-bond donors (Lipinski definition) is 1. The second-order valence-electron chi connectivity index (χ2n) is 13.3. The maximum Gasteiger partial charge on any atom is 0.213 e. The van der Waals surface area contributed by atoms with Crippen LogP contribution in [0.25, 0.3) is 11.0 Å². The van der Waals surface area contributed by atoms with Gasteiger partial charge in [-0.1, -0.05) is 68.8 Å². The Morgan fingerprint density at radius 1 is 1.04 bits per heavy atom. The number of amides is 1. The normalized spacial score (nSPS) is 14.5. The van der Waals surface area contributed by atoms with Gasteiger partial charge in [-0.3, -0.25) is 9.79 Å². The van der Waals surface area contributed by atoms with Crippen molar-refractivity contribution in [3.05, 3.63) is 101 Å². The molecule has 0 bridgehead atoms. The molecule has 0 saturated heterocycles. The summed E-state index contributed by atoms with van der Waals surface area (Å²) in [6.07, 6.45) is 12.3. The first-order chi connectivity index (χ1) is 23.0. The number of nitrogens with zero attached hydrogens (tertiary/aromatic N) is 5. The van der Waals surface area contributed by atoms with E-state index in [0.29, 0.717) is 11.8 Å². The zero-order chi connectivity index (χ0) is 35.4. The van der Waals surface area contributed by atoms with Crippen LogP contribution in [-0.4, -0.2) is 50.4 Å². The topological polar surface area (TPSA) is 65.8 Å². The molecule has 0 unspecified atom stereocenters. The third-order valence-electron chi connectivity index (χ3n) is 8.65. The minimum atomic E-state index is 0.628. The third kappa shape index (κ3) is 10.6. The number of rotatable bonds is 14. The highest BCUT2D eigenvalue weighted by atomic mass is 16.1. The molecule has 2 aliphatic carbocycles. The van der Waals surface area contributed by atoms with Crippen LogP contribution in [0.15, 0.2) is 95.1 Å². The molecule has 2 fully saturated rings. The number of aliphatic imine (C=N–C) groups is 1. The minimum Gasteiger partial charge on any atom is -0.387 e. The molecule has 258 valence electrons. The van der Waals surface area contributed by atoms with E-state index in [-0.39, 0.29) is 0 Å². The predicted molar refractivity (Wildman–Crippen MR) is 207 cm³/mol. The van der Waals surface area contributed by atoms with E-state index in [0.717, 1.165) is 70.9 Å². The molecule has 1 amide bonds. The zero-order valence-electron chi connectivity index (χ0n) is 30.8. The van der Waals surface area contributed by atoms with Crippen LogP contribution in [0.4, 0.5) is 11.4 Å². The summed E-state index contributed by atoms with van der Waals surface area (Å²) >= 11 is 0. The van der Waals surface area contributed by atoms with Crippen LogP contribution < -0.4 is 15.1 Å². The first-order valence-electron chi connectivity index (χ1n) is 17.3. The molecule has 2 aliphatic rings. The van der Waals surface area contributed by atoms with Crippen molar-refractivity contribution < 1.29 is 4.79 Å². The highest BCUT2D eigenvalue weighted by molar-refractivity contribution is 5.84. The number of nitrogens with one attached hydrogen (secondary N) is 1. The molecule has 1 heterocycles. The Hall–Kier alpha value is -4.39. The number of aromatic nitrogens is 2. The standard InChI is InChI=1S/C21H24N4O.C17H26N2.C3H8/c1-23(2)19-10-7-15(11-20(19)24(3)14-26)12-25-13-22-18-6-4-5-17(21(18)25)16-8-9-16;1-12(2)13(3)8-7-11-19-15(5)17(18-6)14(4)16-9-10-16;1-3-2/h4-7,10-11,13-14,16H,8-9,12H2,1-3H3;8,16,19H,1,4,6-7,9-11H2,2-3,5H3;3H2,1-2H3/b;13-8-,17-15-;. The van der Waals surface area contributed by atoms with E-state index in [1.54, 1.807) is 11.9 Å². The van der Waals surface area contributed by atoms with Crippen LogP contribution in [0.2, 0.25) is 0 Å². The molecule has 7 heteroatoms. The van der Waals surface area contributed by atoms with Crippen molar-refractivity contribution in [3.63, 3.8) is 0 Å². The van der Waals surface area contributed by atoms with E-state index in [1.165, 1.54) is 48.8 Å². The molecule has 2 saturated carbocycles. The lowest BCUT2D eigenvalue weighted by atomic mass is 10.1. The Labute approximate surface area is 289 Å². The second-order valence-corrected chi connectivity index (χ2v) is 13.3. The molecule has 1 N–H and O–H groups in total. The molecular weight excluding hydrogens is 592 g/mol. The van der Waals surface area contributed by atoms with Gasteiger partial charge in [0.25, 0.3) is 0 Å². The zero-order valence-corrected chi connectivity index (χ0v) is 30.8. The summed E-state index contributed by atoms with van der Waals surface area (Å²) in [6.45, 7) is 23.8. The molecule has 0 radical (unpaired) electrons. The van der Waals surface area contributed by atoms with Gasteiger partial charge in [0.1, 0.15) is 0 Å². The van der Waals surface area contributed by atoms with Gasteiger partial charge in [-0.15, -0.1) is 0 Å². The summed E-state index contributed by atoms with van der Waals surface area (Å²) in [5, 5.41) is 3.40. The fourth-order valence-electron chi connectivity index (χ4n) is 5.47. The number of carbonyl (C=O) groups is 1. The number of benzene rings is 2. The van der Waals surface area contributed by atoms with Gasteiger partial charge < -0.3 is 19.7 Å². The number of imidazole rings is 1. The number of hydrogen-bond acceptors (Lipinski definition) is 5. The van der Waals surface area contributed by atoms with E-state index in [2.05, 4.69) is 103 Å². The molecule has 5 rings (SSSR count). The summed E-state index contributed by atoms with van der Waals surface area (Å²) in [5.74, 6) is 1.31. The van der Waals surface area contributed by atoms with Crippen molar-refractivity contribution in [1.82, 2.24) is 14.9 Å². The number of fused-ring (bicyclic) bond motifs is 1. The van der Waals surface area contributed by atoms with Gasteiger partial charge in [-0.25, -0.2) is 4.98 Å². The van der Waals surface area contributed by atoms with Crippen LogP contribution in [0.1, 0.15) is 90.2 Å². The fraction of sp³-hybridized carbons (Fsp3) is 0.439. The van der Waals surface area contributed by atoms with Gasteiger partial charge in [0.2, 0.25) is 6.41 Å². The minimum absolute atomic E-state index is 0.628. The molecule has 1 aromatic heterocycles. The van der Waals surface area contributed by atoms with E-state index in [4.69, 9.17) is 0 Å². The fourth-order valence-corrected chi connectivity index (χ4v) is 5.47. The smallest absolute Gasteiger partial charge is 0.213 e. The van der Waals surface area contributed by atoms with Gasteiger partial charge in [0.05, 0.1) is 34.4 Å². The number of allylic oxidation sites excluding steroid dienone is 4. The maximum atomic E-state index is 11.3. The highest BCUT2D eigenvalue weighted by Crippen LogP contribution is 2.43. The van der Waals surface area contributed by atoms with Crippen molar-refractivity contribution in [3.8, 4) is 0 Å². The lowest BCUT2D eigenvalue weighted by Gasteiger charge is -2.22. The van der Waals surface area contributed by atoms with Gasteiger partial charge in [0.15, 0.2) is 0 Å². The summed E-state index contributed by atoms with van der Waals surface area (Å²) in [6, 6.07) is 12.7. The summed E-state index contributed by atoms with van der Waals surface area (Å²) < 4.78 is 2.23. The van der Waals surface area contributed by atoms with Crippen LogP contribution in [0, 0.1) is 5.92 Å². The van der Waals surface area contributed by atoms with E-state index >= 15 is 0 Å². The van der Waals surface area contributed by atoms with Gasteiger partial charge in [0, 0.05) is 39.9 Å². The van der Waals surface area contributed by atoms with E-state index < -0.39 is 0 Å². The van der Waals surface area contributed by atoms with Crippen LogP contribution in [0.5, 0.6) is 0 Å². The van der Waals surface area contributed by atoms with E-state index in [9.17, 15) is 4.79 Å². The predicted octanol–water partition coefficient (Wildman–Crippen LogP) is 9.42. The highest BCUT2D eigenvalue weighted by Gasteiger charge is 2.28. The SMILES string of the molecule is C=N/C(C(=C)C1CC1)=C(/C)NCC/C=C(/C)C(=C)C.CCC.CN(C)c1ccc(Cn2cnc3cccc(C4CC4)c32)cc1N(C)C=O. The number of carbonyl (C=O) groups excluding carboxylic acids is 1. The molecule has 3 aromatic rings. The van der Waals surface area contributed by atoms with Crippen molar-refractivity contribution in [2.45, 2.75) is 85.6 Å². The van der Waals surface area contributed by atoms with E-state index in [1.807, 2.05) is 39.2 Å². The average Bonchev–Trinajstić information content (AvgIpc) is 4.01. The van der Waals surface area contributed by atoms with Crippen LogP contribution >= 0.6 is 0 Å². The van der Waals surface area contributed by atoms with Gasteiger partial charge in [-0.05, 0) is 106 Å². The second kappa shape index (κ2) is 18.2. The Balaban J connectivity index is 0.000000252. The Bertz CT molecular complexity index is 1630. The molecule has 7 nitrogen and oxygen atoms in total. The van der Waals surface area contributed by atoms with Crippen LogP contribution in [-0.2, 0) is 11.3 Å². The molecule has 0 atom stereocenters. The van der Waals surface area contributed by atoms with Gasteiger partial charge in [-0.2, -0.15) is 0 Å².